The minimum absolute atomic E-state index is 0.696. The van der Waals surface area contributed by atoms with Gasteiger partial charge < -0.3 is 0 Å². The van der Waals surface area contributed by atoms with Crippen molar-refractivity contribution >= 4 is 38.5 Å². The molecule has 0 N–H and O–H groups in total. The first kappa shape index (κ1) is 32.9. The molecule has 0 unspecified atom stereocenters. The van der Waals surface area contributed by atoms with E-state index >= 15 is 0 Å². The summed E-state index contributed by atoms with van der Waals surface area (Å²) in [4.78, 5) is 15.2. The third kappa shape index (κ3) is 6.48. The van der Waals surface area contributed by atoms with E-state index in [1.807, 2.05) is 18.5 Å². The summed E-state index contributed by atoms with van der Waals surface area (Å²) in [5.74, 6) is 0.696. The van der Waals surface area contributed by atoms with Crippen LogP contribution in [0, 0.1) is 0 Å². The molecule has 3 nitrogen and oxygen atoms in total. The number of allylic oxidation sites excluding steroid dienone is 3. The lowest BCUT2D eigenvalue weighted by Crippen LogP contribution is -1.97. The summed E-state index contributed by atoms with van der Waals surface area (Å²) in [6.45, 7) is 2.14. The molecule has 0 spiro atoms. The van der Waals surface area contributed by atoms with Gasteiger partial charge in [-0.25, -0.2) is 9.97 Å². The highest BCUT2D eigenvalue weighted by Gasteiger charge is 2.16. The average molecular weight is 692 g/mol. The predicted molar refractivity (Wildman–Crippen MR) is 228 cm³/mol. The highest BCUT2D eigenvalue weighted by atomic mass is 14.9. The van der Waals surface area contributed by atoms with Crippen LogP contribution in [0.3, 0.4) is 0 Å². The quantitative estimate of drug-likeness (QED) is 0.118. The monoisotopic (exact) mass is 691 g/mol. The molecule has 0 bridgehead atoms. The zero-order valence-corrected chi connectivity index (χ0v) is 30.0. The first-order valence-electron chi connectivity index (χ1n) is 18.5. The molecule has 0 radical (unpaired) electrons. The minimum Gasteiger partial charge on any atom is -0.263 e. The maximum absolute atomic E-state index is 5.34. The van der Waals surface area contributed by atoms with Crippen LogP contribution in [0.2, 0.25) is 0 Å². The number of benzene rings is 7. The second-order valence-corrected chi connectivity index (χ2v) is 13.5. The first-order chi connectivity index (χ1) is 26.7. The van der Waals surface area contributed by atoms with Gasteiger partial charge in [0.25, 0.3) is 0 Å². The van der Waals surface area contributed by atoms with Crippen molar-refractivity contribution in [3.05, 3.63) is 194 Å². The van der Waals surface area contributed by atoms with E-state index in [2.05, 4.69) is 188 Å². The van der Waals surface area contributed by atoms with Crippen molar-refractivity contribution in [2.45, 2.75) is 13.3 Å². The molecule has 0 aliphatic heterocycles. The highest BCUT2D eigenvalue weighted by Crippen LogP contribution is 2.37. The number of fused-ring (bicyclic) bond motifs is 4. The van der Waals surface area contributed by atoms with Gasteiger partial charge in [-0.05, 0) is 74.8 Å². The van der Waals surface area contributed by atoms with Gasteiger partial charge in [0.2, 0.25) is 0 Å². The van der Waals surface area contributed by atoms with Crippen LogP contribution in [-0.2, 0) is 0 Å². The number of hydrogen-bond acceptors (Lipinski definition) is 3. The molecule has 7 aromatic carbocycles. The van der Waals surface area contributed by atoms with Crippen molar-refractivity contribution in [2.75, 3.05) is 0 Å². The van der Waals surface area contributed by atoms with E-state index in [9.17, 15) is 0 Å². The van der Waals surface area contributed by atoms with E-state index in [-0.39, 0.29) is 0 Å². The fourth-order valence-corrected chi connectivity index (χ4v) is 7.26. The van der Waals surface area contributed by atoms with Crippen molar-refractivity contribution in [1.29, 1.82) is 0 Å². The van der Waals surface area contributed by atoms with Crippen LogP contribution in [0.25, 0.3) is 94.5 Å². The van der Waals surface area contributed by atoms with Crippen LogP contribution in [0.5, 0.6) is 0 Å². The fraction of sp³-hybridized carbons (Fsp3) is 0.0392. The van der Waals surface area contributed by atoms with Crippen molar-refractivity contribution < 1.29 is 0 Å². The average Bonchev–Trinajstić information content (AvgIpc) is 3.25. The number of nitrogens with zero attached hydrogens (tertiary/aromatic N) is 3. The van der Waals surface area contributed by atoms with Crippen LogP contribution in [0.15, 0.2) is 188 Å². The summed E-state index contributed by atoms with van der Waals surface area (Å²) in [7, 11) is 0. The molecule has 0 amide bonds. The molecule has 9 rings (SSSR count). The summed E-state index contributed by atoms with van der Waals surface area (Å²) in [5.41, 5.74) is 11.8. The van der Waals surface area contributed by atoms with Crippen LogP contribution in [0.1, 0.15) is 18.9 Å². The summed E-state index contributed by atoms with van der Waals surface area (Å²) >= 11 is 0. The molecule has 0 saturated heterocycles. The molecular formula is C51H37N3. The van der Waals surface area contributed by atoms with E-state index in [0.717, 1.165) is 89.2 Å². The smallest absolute Gasteiger partial charge is 0.160 e. The van der Waals surface area contributed by atoms with Crippen LogP contribution < -0.4 is 0 Å². The fourth-order valence-electron chi connectivity index (χ4n) is 7.26. The van der Waals surface area contributed by atoms with Gasteiger partial charge in [0, 0.05) is 45.2 Å². The van der Waals surface area contributed by atoms with Gasteiger partial charge in [-0.2, -0.15) is 0 Å². The van der Waals surface area contributed by atoms with Gasteiger partial charge in [-0.15, -0.1) is 0 Å². The molecule has 54 heavy (non-hydrogen) atoms. The standard InChI is InChI=1S/C51H37N3/c1-2-3-4-6-13-35-20-22-36(23-21-35)42-30-43(37-24-26-39(27-25-37)48-34-52-33-41-17-10-11-18-45(41)48)32-44(31-42)51-53-49(40-15-7-5-8-16-40)47-29-28-38-14-9-12-19-46(38)50(47)54-51/h3-34H,2H2,1H3/b4-3-,13-6+. The van der Waals surface area contributed by atoms with Gasteiger partial charge in [0.1, 0.15) is 0 Å². The van der Waals surface area contributed by atoms with E-state index in [1.54, 1.807) is 0 Å². The summed E-state index contributed by atoms with van der Waals surface area (Å²) in [5, 5.41) is 5.64. The lowest BCUT2D eigenvalue weighted by atomic mass is 9.93. The Morgan fingerprint density at radius 1 is 0.463 bits per heavy atom. The Hall–Kier alpha value is -6.97. The molecule has 2 aromatic heterocycles. The van der Waals surface area contributed by atoms with Crippen molar-refractivity contribution in [1.82, 2.24) is 15.0 Å². The second-order valence-electron chi connectivity index (χ2n) is 13.5. The normalized spacial score (nSPS) is 11.7. The van der Waals surface area contributed by atoms with E-state index < -0.39 is 0 Å². The van der Waals surface area contributed by atoms with Gasteiger partial charge in [0.05, 0.1) is 11.2 Å². The third-order valence-corrected chi connectivity index (χ3v) is 10.0. The first-order valence-corrected chi connectivity index (χ1v) is 18.5. The molecule has 3 heteroatoms. The lowest BCUT2D eigenvalue weighted by molar-refractivity contribution is 1.22. The van der Waals surface area contributed by atoms with Crippen LogP contribution >= 0.6 is 0 Å². The van der Waals surface area contributed by atoms with E-state index in [1.165, 1.54) is 5.39 Å². The van der Waals surface area contributed by atoms with Gasteiger partial charge in [0.15, 0.2) is 5.82 Å². The Bertz CT molecular complexity index is 2830. The van der Waals surface area contributed by atoms with E-state index in [0.29, 0.717) is 5.82 Å². The maximum Gasteiger partial charge on any atom is 0.160 e. The molecule has 2 heterocycles. The second kappa shape index (κ2) is 14.6. The SMILES string of the molecule is CC/C=C\C=C\c1ccc(-c2cc(-c3ccc(-c4cncc5ccccc45)cc3)cc(-c3nc(-c4ccccc4)c4ccc5ccccc5c4n3)c2)cc1. The van der Waals surface area contributed by atoms with Crippen LogP contribution in [0.4, 0.5) is 0 Å². The molecule has 9 aromatic rings. The number of hydrogen-bond donors (Lipinski definition) is 0. The third-order valence-electron chi connectivity index (χ3n) is 10.0. The molecule has 0 atom stereocenters. The minimum atomic E-state index is 0.696. The topological polar surface area (TPSA) is 38.7 Å². The van der Waals surface area contributed by atoms with E-state index in [4.69, 9.17) is 9.97 Å². The Morgan fingerprint density at radius 3 is 1.87 bits per heavy atom. The molecule has 0 aliphatic rings. The lowest BCUT2D eigenvalue weighted by Gasteiger charge is -2.14. The van der Waals surface area contributed by atoms with Crippen LogP contribution in [-0.4, -0.2) is 15.0 Å². The van der Waals surface area contributed by atoms with Crippen molar-refractivity contribution in [3.8, 4) is 56.0 Å². The van der Waals surface area contributed by atoms with Gasteiger partial charge >= 0.3 is 0 Å². The maximum atomic E-state index is 5.34. The zero-order chi connectivity index (χ0) is 36.3. The van der Waals surface area contributed by atoms with Gasteiger partial charge in [-0.3, -0.25) is 4.98 Å². The number of aromatic nitrogens is 3. The van der Waals surface area contributed by atoms with Crippen molar-refractivity contribution in [2.24, 2.45) is 0 Å². The molecule has 0 fully saturated rings. The Labute approximate surface area is 315 Å². The largest absolute Gasteiger partial charge is 0.263 e. The van der Waals surface area contributed by atoms with Crippen molar-refractivity contribution in [3.63, 3.8) is 0 Å². The Kier molecular flexibility index (Phi) is 8.88. The Balaban J connectivity index is 1.21. The highest BCUT2D eigenvalue weighted by molar-refractivity contribution is 6.09. The molecule has 0 aliphatic carbocycles. The molecule has 256 valence electrons. The number of pyridine rings is 1. The molecule has 0 saturated carbocycles. The zero-order valence-electron chi connectivity index (χ0n) is 30.0. The summed E-state index contributed by atoms with van der Waals surface area (Å²) in [6, 6.07) is 56.0. The molecular weight excluding hydrogens is 655 g/mol. The number of rotatable bonds is 8. The summed E-state index contributed by atoms with van der Waals surface area (Å²) in [6.07, 6.45) is 13.4. The predicted octanol–water partition coefficient (Wildman–Crippen LogP) is 13.6. The van der Waals surface area contributed by atoms with Gasteiger partial charge in [-0.1, -0.05) is 165 Å². The summed E-state index contributed by atoms with van der Waals surface area (Å²) < 4.78 is 0. The Morgan fingerprint density at radius 2 is 1.11 bits per heavy atom.